The van der Waals surface area contributed by atoms with E-state index in [1.807, 2.05) is 26.1 Å². The number of rotatable bonds is 3. The SMILES string of the molecule is Cc1cc(Oc2c(N)c(C)nn2C)ccc1C(C)C. The van der Waals surface area contributed by atoms with Crippen molar-refractivity contribution in [2.45, 2.75) is 33.6 Å². The summed E-state index contributed by atoms with van der Waals surface area (Å²) in [5.41, 5.74) is 9.90. The Morgan fingerprint density at radius 3 is 2.42 bits per heavy atom. The quantitative estimate of drug-likeness (QED) is 0.917. The zero-order chi connectivity index (χ0) is 14.2. The van der Waals surface area contributed by atoms with E-state index >= 15 is 0 Å². The maximum Gasteiger partial charge on any atom is 0.241 e. The van der Waals surface area contributed by atoms with Gasteiger partial charge in [-0.25, -0.2) is 4.68 Å². The van der Waals surface area contributed by atoms with E-state index < -0.39 is 0 Å². The predicted molar refractivity (Wildman–Crippen MR) is 77.7 cm³/mol. The monoisotopic (exact) mass is 259 g/mol. The number of benzene rings is 1. The number of aromatic nitrogens is 2. The number of ether oxygens (including phenoxy) is 1. The molecule has 2 aromatic rings. The molecule has 0 radical (unpaired) electrons. The summed E-state index contributed by atoms with van der Waals surface area (Å²) in [5, 5.41) is 4.24. The van der Waals surface area contributed by atoms with Gasteiger partial charge < -0.3 is 10.5 Å². The van der Waals surface area contributed by atoms with Gasteiger partial charge in [0.1, 0.15) is 11.4 Å². The van der Waals surface area contributed by atoms with Gasteiger partial charge in [-0.05, 0) is 43.0 Å². The van der Waals surface area contributed by atoms with Gasteiger partial charge in [0, 0.05) is 7.05 Å². The molecule has 1 aromatic heterocycles. The Morgan fingerprint density at radius 1 is 1.26 bits per heavy atom. The van der Waals surface area contributed by atoms with Crippen LogP contribution in [0.25, 0.3) is 0 Å². The second-order valence-corrected chi connectivity index (χ2v) is 5.20. The van der Waals surface area contributed by atoms with E-state index in [0.29, 0.717) is 17.5 Å². The lowest BCUT2D eigenvalue weighted by atomic mass is 9.98. The minimum atomic E-state index is 0.512. The van der Waals surface area contributed by atoms with E-state index in [1.165, 1.54) is 11.1 Å². The molecule has 0 aliphatic carbocycles. The van der Waals surface area contributed by atoms with Crippen molar-refractivity contribution in [1.29, 1.82) is 0 Å². The summed E-state index contributed by atoms with van der Waals surface area (Å²) in [4.78, 5) is 0. The maximum atomic E-state index is 5.96. The number of hydrogen-bond donors (Lipinski definition) is 1. The van der Waals surface area contributed by atoms with E-state index in [-0.39, 0.29) is 0 Å². The first-order valence-electron chi connectivity index (χ1n) is 6.47. The second kappa shape index (κ2) is 4.96. The fraction of sp³-hybridized carbons (Fsp3) is 0.400. The molecule has 0 unspecified atom stereocenters. The van der Waals surface area contributed by atoms with Gasteiger partial charge in [0.05, 0.1) is 5.69 Å². The van der Waals surface area contributed by atoms with Gasteiger partial charge in [-0.15, -0.1) is 0 Å². The molecule has 1 heterocycles. The Morgan fingerprint density at radius 2 is 1.95 bits per heavy atom. The minimum absolute atomic E-state index is 0.512. The molecule has 4 heteroatoms. The van der Waals surface area contributed by atoms with Gasteiger partial charge in [0.2, 0.25) is 5.88 Å². The highest BCUT2D eigenvalue weighted by molar-refractivity contribution is 5.54. The van der Waals surface area contributed by atoms with Gasteiger partial charge in [-0.2, -0.15) is 5.10 Å². The van der Waals surface area contributed by atoms with Crippen LogP contribution in [0.2, 0.25) is 0 Å². The molecule has 102 valence electrons. The molecular weight excluding hydrogens is 238 g/mol. The second-order valence-electron chi connectivity index (χ2n) is 5.20. The van der Waals surface area contributed by atoms with E-state index in [1.54, 1.807) is 4.68 Å². The molecule has 0 aliphatic rings. The Labute approximate surface area is 114 Å². The Hall–Kier alpha value is -1.97. The van der Waals surface area contributed by atoms with Crippen LogP contribution in [-0.2, 0) is 7.05 Å². The molecule has 0 amide bonds. The topological polar surface area (TPSA) is 53.1 Å². The molecule has 19 heavy (non-hydrogen) atoms. The highest BCUT2D eigenvalue weighted by Gasteiger charge is 2.13. The predicted octanol–water partition coefficient (Wildman–Crippen LogP) is 3.53. The molecule has 0 aliphatic heterocycles. The van der Waals surface area contributed by atoms with Gasteiger partial charge in [-0.3, -0.25) is 0 Å². The maximum absolute atomic E-state index is 5.96. The molecule has 0 bridgehead atoms. The highest BCUT2D eigenvalue weighted by atomic mass is 16.5. The van der Waals surface area contributed by atoms with Crippen LogP contribution in [0.5, 0.6) is 11.6 Å². The third kappa shape index (κ3) is 2.57. The summed E-state index contributed by atoms with van der Waals surface area (Å²) in [6.07, 6.45) is 0. The summed E-state index contributed by atoms with van der Waals surface area (Å²) in [7, 11) is 1.83. The van der Waals surface area contributed by atoms with Crippen LogP contribution in [0.15, 0.2) is 18.2 Å². The lowest BCUT2D eigenvalue weighted by molar-refractivity contribution is 0.432. The zero-order valence-corrected chi connectivity index (χ0v) is 12.2. The lowest BCUT2D eigenvalue weighted by Crippen LogP contribution is -1.98. The number of anilines is 1. The Kier molecular flexibility index (Phi) is 3.51. The molecule has 1 aromatic carbocycles. The van der Waals surface area contributed by atoms with E-state index in [4.69, 9.17) is 10.5 Å². The molecule has 0 fully saturated rings. The standard InChI is InChI=1S/C15H21N3O/c1-9(2)13-7-6-12(8-10(13)3)19-15-14(16)11(4)17-18(15)5/h6-9H,16H2,1-5H3. The van der Waals surface area contributed by atoms with Gasteiger partial charge in [-0.1, -0.05) is 19.9 Å². The summed E-state index contributed by atoms with van der Waals surface area (Å²) < 4.78 is 7.51. The number of hydrogen-bond acceptors (Lipinski definition) is 3. The minimum Gasteiger partial charge on any atom is -0.437 e. The van der Waals surface area contributed by atoms with Crippen LogP contribution in [-0.4, -0.2) is 9.78 Å². The first-order chi connectivity index (χ1) is 8.90. The number of nitrogens with two attached hydrogens (primary N) is 1. The van der Waals surface area contributed by atoms with Crippen molar-refractivity contribution in [1.82, 2.24) is 9.78 Å². The Balaban J connectivity index is 2.31. The summed E-state index contributed by atoms with van der Waals surface area (Å²) in [6.45, 7) is 8.34. The largest absolute Gasteiger partial charge is 0.437 e. The molecule has 2 N–H and O–H groups in total. The summed E-state index contributed by atoms with van der Waals surface area (Å²) >= 11 is 0. The Bertz CT molecular complexity index is 600. The zero-order valence-electron chi connectivity index (χ0n) is 12.2. The van der Waals surface area contributed by atoms with E-state index in [2.05, 4.69) is 31.9 Å². The van der Waals surface area contributed by atoms with Crippen molar-refractivity contribution in [3.63, 3.8) is 0 Å². The number of nitrogen functional groups attached to an aromatic ring is 1. The van der Waals surface area contributed by atoms with Crippen LogP contribution in [0.4, 0.5) is 5.69 Å². The van der Waals surface area contributed by atoms with Crippen molar-refractivity contribution in [3.05, 3.63) is 35.0 Å². The molecule has 0 atom stereocenters. The smallest absolute Gasteiger partial charge is 0.241 e. The molecule has 0 saturated carbocycles. The first kappa shape index (κ1) is 13.5. The van der Waals surface area contributed by atoms with Gasteiger partial charge >= 0.3 is 0 Å². The summed E-state index contributed by atoms with van der Waals surface area (Å²) in [5.74, 6) is 1.89. The number of nitrogens with zero attached hydrogens (tertiary/aromatic N) is 2. The van der Waals surface area contributed by atoms with Crippen LogP contribution in [0.3, 0.4) is 0 Å². The van der Waals surface area contributed by atoms with Crippen molar-refractivity contribution in [2.24, 2.45) is 7.05 Å². The van der Waals surface area contributed by atoms with E-state index in [0.717, 1.165) is 11.4 Å². The van der Waals surface area contributed by atoms with E-state index in [9.17, 15) is 0 Å². The first-order valence-corrected chi connectivity index (χ1v) is 6.47. The van der Waals surface area contributed by atoms with Crippen LogP contribution in [0, 0.1) is 13.8 Å². The van der Waals surface area contributed by atoms with Crippen molar-refractivity contribution < 1.29 is 4.74 Å². The third-order valence-electron chi connectivity index (χ3n) is 3.29. The lowest BCUT2D eigenvalue weighted by Gasteiger charge is -2.12. The average molecular weight is 259 g/mol. The average Bonchev–Trinajstić information content (AvgIpc) is 2.56. The van der Waals surface area contributed by atoms with Crippen molar-refractivity contribution in [2.75, 3.05) is 5.73 Å². The van der Waals surface area contributed by atoms with Gasteiger partial charge in [0.25, 0.3) is 0 Å². The van der Waals surface area contributed by atoms with Gasteiger partial charge in [0.15, 0.2) is 0 Å². The molecule has 2 rings (SSSR count). The van der Waals surface area contributed by atoms with Crippen molar-refractivity contribution in [3.8, 4) is 11.6 Å². The molecule has 0 spiro atoms. The normalized spacial score (nSPS) is 11.1. The summed E-state index contributed by atoms with van der Waals surface area (Å²) in [6, 6.07) is 6.12. The van der Waals surface area contributed by atoms with Crippen LogP contribution < -0.4 is 10.5 Å². The fourth-order valence-electron chi connectivity index (χ4n) is 2.25. The molecular formula is C15H21N3O. The third-order valence-corrected chi connectivity index (χ3v) is 3.29. The van der Waals surface area contributed by atoms with Crippen LogP contribution >= 0.6 is 0 Å². The number of aryl methyl sites for hydroxylation is 3. The molecule has 0 saturated heterocycles. The highest BCUT2D eigenvalue weighted by Crippen LogP contribution is 2.31. The van der Waals surface area contributed by atoms with Crippen LogP contribution in [0.1, 0.15) is 36.6 Å². The molecule has 4 nitrogen and oxygen atoms in total. The fourth-order valence-corrected chi connectivity index (χ4v) is 2.25. The van der Waals surface area contributed by atoms with Crippen molar-refractivity contribution >= 4 is 5.69 Å².